The lowest BCUT2D eigenvalue weighted by Gasteiger charge is -2.22. The Kier molecular flexibility index (Phi) is 5.77. The van der Waals surface area contributed by atoms with E-state index in [4.69, 9.17) is 0 Å². The Bertz CT molecular complexity index is 459. The quantitative estimate of drug-likeness (QED) is 0.859. The van der Waals surface area contributed by atoms with Gasteiger partial charge in [0.25, 0.3) is 0 Å². The van der Waals surface area contributed by atoms with Gasteiger partial charge in [-0.2, -0.15) is 0 Å². The number of hydrogen-bond donors (Lipinski definition) is 1. The van der Waals surface area contributed by atoms with Crippen LogP contribution in [0.4, 0.5) is 4.39 Å². The first-order valence-corrected chi connectivity index (χ1v) is 8.17. The first-order chi connectivity index (χ1) is 10.0. The Morgan fingerprint density at radius 3 is 2.71 bits per heavy atom. The van der Waals surface area contributed by atoms with E-state index in [9.17, 15) is 4.39 Å². The van der Waals surface area contributed by atoms with E-state index in [1.54, 1.807) is 6.07 Å². The fraction of sp³-hybridized carbons (Fsp3) is 0.667. The van der Waals surface area contributed by atoms with Gasteiger partial charge in [0.1, 0.15) is 5.82 Å². The molecule has 21 heavy (non-hydrogen) atoms. The average Bonchev–Trinajstić information content (AvgIpc) is 2.92. The van der Waals surface area contributed by atoms with E-state index in [2.05, 4.69) is 24.1 Å². The Morgan fingerprint density at radius 1 is 1.38 bits per heavy atom. The van der Waals surface area contributed by atoms with Gasteiger partial charge in [0, 0.05) is 12.6 Å². The van der Waals surface area contributed by atoms with E-state index in [-0.39, 0.29) is 11.9 Å². The minimum Gasteiger partial charge on any atom is -0.313 e. The molecule has 1 aromatic rings. The maximum atomic E-state index is 13.7. The summed E-state index contributed by atoms with van der Waals surface area (Å²) in [6.07, 6.45) is 2.35. The molecule has 0 amide bonds. The monoisotopic (exact) mass is 292 g/mol. The van der Waals surface area contributed by atoms with Crippen LogP contribution in [0.3, 0.4) is 0 Å². The van der Waals surface area contributed by atoms with Gasteiger partial charge in [-0.3, -0.25) is 0 Å². The predicted molar refractivity (Wildman–Crippen MR) is 86.9 cm³/mol. The number of halogens is 1. The second-order valence-electron chi connectivity index (χ2n) is 6.73. The summed E-state index contributed by atoms with van der Waals surface area (Å²) >= 11 is 0. The smallest absolute Gasteiger partial charge is 0.126 e. The fourth-order valence-electron chi connectivity index (χ4n) is 3.23. The second-order valence-corrected chi connectivity index (χ2v) is 6.73. The van der Waals surface area contributed by atoms with Crippen LogP contribution < -0.4 is 5.32 Å². The van der Waals surface area contributed by atoms with Gasteiger partial charge in [-0.05, 0) is 68.9 Å². The lowest BCUT2D eigenvalue weighted by atomic mass is 9.95. The fourth-order valence-corrected chi connectivity index (χ4v) is 3.23. The topological polar surface area (TPSA) is 15.3 Å². The first-order valence-electron chi connectivity index (χ1n) is 8.17. The lowest BCUT2D eigenvalue weighted by Crippen LogP contribution is -2.27. The van der Waals surface area contributed by atoms with E-state index >= 15 is 0 Å². The molecule has 0 saturated carbocycles. The van der Waals surface area contributed by atoms with Gasteiger partial charge in [0.15, 0.2) is 0 Å². The zero-order chi connectivity index (χ0) is 15.4. The third kappa shape index (κ3) is 4.27. The molecule has 0 bridgehead atoms. The molecule has 1 aliphatic rings. The van der Waals surface area contributed by atoms with Crippen molar-refractivity contribution in [2.75, 3.05) is 26.7 Å². The number of likely N-dealkylation sites (tertiary alicyclic amines) is 1. The SMILES string of the molecule is CNC(CCN1CCC(C(C)C)C1)c1ccc(C)c(F)c1. The largest absolute Gasteiger partial charge is 0.313 e. The highest BCUT2D eigenvalue weighted by Gasteiger charge is 2.25. The Balaban J connectivity index is 1.89. The van der Waals surface area contributed by atoms with Crippen LogP contribution in [0, 0.1) is 24.6 Å². The normalized spacial score (nSPS) is 21.1. The van der Waals surface area contributed by atoms with E-state index in [0.29, 0.717) is 5.56 Å². The van der Waals surface area contributed by atoms with Crippen LogP contribution in [0.15, 0.2) is 18.2 Å². The molecule has 1 fully saturated rings. The molecule has 1 saturated heterocycles. The highest BCUT2D eigenvalue weighted by atomic mass is 19.1. The van der Waals surface area contributed by atoms with E-state index < -0.39 is 0 Å². The summed E-state index contributed by atoms with van der Waals surface area (Å²) in [7, 11) is 1.96. The molecular formula is C18H29FN2. The number of nitrogens with zero attached hydrogens (tertiary/aromatic N) is 1. The van der Waals surface area contributed by atoms with E-state index in [1.165, 1.54) is 19.5 Å². The average molecular weight is 292 g/mol. The summed E-state index contributed by atoms with van der Waals surface area (Å²) in [4.78, 5) is 2.56. The van der Waals surface area contributed by atoms with E-state index in [1.807, 2.05) is 26.1 Å². The third-order valence-corrected chi connectivity index (χ3v) is 4.93. The molecule has 0 spiro atoms. The third-order valence-electron chi connectivity index (χ3n) is 4.93. The molecular weight excluding hydrogens is 263 g/mol. The first kappa shape index (κ1) is 16.4. The van der Waals surface area contributed by atoms with E-state index in [0.717, 1.165) is 30.4 Å². The molecule has 0 aliphatic carbocycles. The lowest BCUT2D eigenvalue weighted by molar-refractivity contribution is 0.287. The van der Waals surface area contributed by atoms with Crippen molar-refractivity contribution in [3.63, 3.8) is 0 Å². The Labute approximate surface area is 128 Å². The summed E-state index contributed by atoms with van der Waals surface area (Å²) in [5.41, 5.74) is 1.77. The van der Waals surface area contributed by atoms with Gasteiger partial charge in [-0.25, -0.2) is 4.39 Å². The predicted octanol–water partition coefficient (Wildman–Crippen LogP) is 3.76. The summed E-state index contributed by atoms with van der Waals surface area (Å²) in [5.74, 6) is 1.52. The van der Waals surface area contributed by atoms with Crippen molar-refractivity contribution in [3.8, 4) is 0 Å². The van der Waals surface area contributed by atoms with Crippen LogP contribution in [-0.4, -0.2) is 31.6 Å². The molecule has 0 radical (unpaired) electrons. The summed E-state index contributed by atoms with van der Waals surface area (Å²) in [6, 6.07) is 5.83. The zero-order valence-corrected chi connectivity index (χ0v) is 13.8. The molecule has 2 nitrogen and oxygen atoms in total. The summed E-state index contributed by atoms with van der Waals surface area (Å²) < 4.78 is 13.7. The molecule has 3 heteroatoms. The van der Waals surface area contributed by atoms with Crippen LogP contribution in [0.2, 0.25) is 0 Å². The van der Waals surface area contributed by atoms with Crippen LogP contribution in [-0.2, 0) is 0 Å². The molecule has 2 rings (SSSR count). The van der Waals surface area contributed by atoms with Crippen molar-refractivity contribution in [1.29, 1.82) is 0 Å². The van der Waals surface area contributed by atoms with Crippen molar-refractivity contribution < 1.29 is 4.39 Å². The molecule has 1 N–H and O–H groups in total. The van der Waals surface area contributed by atoms with Crippen LogP contribution in [0.1, 0.15) is 43.9 Å². The molecule has 1 heterocycles. The Hall–Kier alpha value is -0.930. The van der Waals surface area contributed by atoms with Crippen molar-refractivity contribution in [2.45, 2.75) is 39.7 Å². The van der Waals surface area contributed by atoms with Crippen molar-refractivity contribution in [3.05, 3.63) is 35.1 Å². The number of hydrogen-bond acceptors (Lipinski definition) is 2. The second kappa shape index (κ2) is 7.37. The zero-order valence-electron chi connectivity index (χ0n) is 13.8. The van der Waals surface area contributed by atoms with Crippen LogP contribution in [0.25, 0.3) is 0 Å². The number of rotatable bonds is 6. The van der Waals surface area contributed by atoms with Gasteiger partial charge in [-0.15, -0.1) is 0 Å². The molecule has 2 unspecified atom stereocenters. The van der Waals surface area contributed by atoms with Gasteiger partial charge in [0.2, 0.25) is 0 Å². The molecule has 0 aromatic heterocycles. The highest BCUT2D eigenvalue weighted by molar-refractivity contribution is 5.25. The van der Waals surface area contributed by atoms with Crippen molar-refractivity contribution in [1.82, 2.24) is 10.2 Å². The van der Waals surface area contributed by atoms with Crippen LogP contribution >= 0.6 is 0 Å². The van der Waals surface area contributed by atoms with Gasteiger partial charge in [-0.1, -0.05) is 26.0 Å². The molecule has 1 aromatic carbocycles. The molecule has 1 aliphatic heterocycles. The van der Waals surface area contributed by atoms with Gasteiger partial charge >= 0.3 is 0 Å². The summed E-state index contributed by atoms with van der Waals surface area (Å²) in [5, 5.41) is 3.33. The minimum absolute atomic E-state index is 0.103. The highest BCUT2D eigenvalue weighted by Crippen LogP contribution is 2.25. The summed E-state index contributed by atoms with van der Waals surface area (Å²) in [6.45, 7) is 9.96. The molecule has 2 atom stereocenters. The Morgan fingerprint density at radius 2 is 2.14 bits per heavy atom. The van der Waals surface area contributed by atoms with Crippen molar-refractivity contribution in [2.24, 2.45) is 11.8 Å². The maximum absolute atomic E-state index is 13.7. The number of aryl methyl sites for hydroxylation is 1. The van der Waals surface area contributed by atoms with Crippen molar-refractivity contribution >= 4 is 0 Å². The minimum atomic E-state index is -0.103. The number of nitrogens with one attached hydrogen (secondary N) is 1. The number of benzene rings is 1. The van der Waals surface area contributed by atoms with Gasteiger partial charge < -0.3 is 10.2 Å². The maximum Gasteiger partial charge on any atom is 0.126 e. The molecule has 118 valence electrons. The van der Waals surface area contributed by atoms with Gasteiger partial charge in [0.05, 0.1) is 0 Å². The van der Waals surface area contributed by atoms with Crippen LogP contribution in [0.5, 0.6) is 0 Å². The standard InChI is InChI=1S/C18H29FN2/c1-13(2)16-7-9-21(12-16)10-8-18(20-4)15-6-5-14(3)17(19)11-15/h5-6,11,13,16,18,20H,7-10,12H2,1-4H3.